The van der Waals surface area contributed by atoms with Crippen LogP contribution in [0.4, 0.5) is 0 Å². The van der Waals surface area contributed by atoms with Crippen molar-refractivity contribution in [1.29, 1.82) is 0 Å². The Labute approximate surface area is 63.8 Å². The highest BCUT2D eigenvalue weighted by Crippen LogP contribution is 2.18. The van der Waals surface area contributed by atoms with Gasteiger partial charge >= 0.3 is 0 Å². The van der Waals surface area contributed by atoms with Crippen molar-refractivity contribution in [2.24, 2.45) is 5.92 Å². The maximum Gasteiger partial charge on any atom is 0.183 e. The molecule has 5 nitrogen and oxygen atoms in total. The highest BCUT2D eigenvalue weighted by Gasteiger charge is 2.36. The third-order valence-electron chi connectivity index (χ3n) is 1.84. The Balaban J connectivity index is 2.52. The van der Waals surface area contributed by atoms with Gasteiger partial charge in [-0.25, -0.2) is 0 Å². The first-order valence-electron chi connectivity index (χ1n) is 3.43. The summed E-state index contributed by atoms with van der Waals surface area (Å²) in [6, 6.07) is 0. The lowest BCUT2D eigenvalue weighted by molar-refractivity contribution is -0.243. The van der Waals surface area contributed by atoms with Crippen LogP contribution in [-0.2, 0) is 4.74 Å². The Bertz CT molecular complexity index is 126. The van der Waals surface area contributed by atoms with Gasteiger partial charge in [-0.05, 0) is 0 Å². The minimum atomic E-state index is -1.34. The van der Waals surface area contributed by atoms with Crippen LogP contribution in [-0.4, -0.2) is 52.1 Å². The minimum absolute atomic E-state index is 0.0654. The zero-order valence-electron chi connectivity index (χ0n) is 5.92. The van der Waals surface area contributed by atoms with Crippen LogP contribution < -0.4 is 0 Å². The van der Waals surface area contributed by atoms with Crippen molar-refractivity contribution in [3.05, 3.63) is 0 Å². The Morgan fingerprint density at radius 3 is 2.36 bits per heavy atom. The molecule has 1 rings (SSSR count). The number of aliphatic hydroxyl groups excluding tert-OH is 4. The summed E-state index contributed by atoms with van der Waals surface area (Å²) in [5, 5.41) is 35.6. The van der Waals surface area contributed by atoms with Crippen LogP contribution in [0.5, 0.6) is 0 Å². The summed E-state index contributed by atoms with van der Waals surface area (Å²) in [6.07, 6.45) is -3.77. The molecule has 0 spiro atoms. The minimum Gasteiger partial charge on any atom is -0.396 e. The number of aliphatic hydroxyl groups is 4. The summed E-state index contributed by atoms with van der Waals surface area (Å²) >= 11 is 0. The monoisotopic (exact) mass is 164 g/mol. The lowest BCUT2D eigenvalue weighted by Gasteiger charge is -2.33. The zero-order valence-corrected chi connectivity index (χ0v) is 5.92. The molecule has 1 saturated heterocycles. The Morgan fingerprint density at radius 1 is 1.18 bits per heavy atom. The second-order valence-corrected chi connectivity index (χ2v) is 2.65. The molecule has 11 heavy (non-hydrogen) atoms. The van der Waals surface area contributed by atoms with Gasteiger partial charge in [-0.1, -0.05) is 0 Å². The first-order chi connectivity index (χ1) is 5.16. The highest BCUT2D eigenvalue weighted by molar-refractivity contribution is 4.81. The molecule has 0 saturated carbocycles. The maximum absolute atomic E-state index is 9.16. The van der Waals surface area contributed by atoms with Crippen molar-refractivity contribution in [3.8, 4) is 0 Å². The molecular formula is C6H12O5. The molecule has 1 heterocycles. The fourth-order valence-electron chi connectivity index (χ4n) is 1.03. The van der Waals surface area contributed by atoms with Gasteiger partial charge in [0.1, 0.15) is 6.10 Å². The molecule has 0 bridgehead atoms. The quantitative estimate of drug-likeness (QED) is 0.349. The molecule has 4 N–H and O–H groups in total. The maximum atomic E-state index is 9.16. The van der Waals surface area contributed by atoms with Gasteiger partial charge in [0.15, 0.2) is 6.29 Å². The van der Waals surface area contributed by atoms with Gasteiger partial charge in [0.25, 0.3) is 0 Å². The predicted octanol–water partition coefficient (Wildman–Crippen LogP) is -2.33. The third-order valence-corrected chi connectivity index (χ3v) is 1.84. The predicted molar refractivity (Wildman–Crippen MR) is 34.5 cm³/mol. The molecular weight excluding hydrogens is 152 g/mol. The van der Waals surface area contributed by atoms with E-state index < -0.39 is 24.4 Å². The first kappa shape index (κ1) is 8.89. The van der Waals surface area contributed by atoms with Crippen LogP contribution >= 0.6 is 0 Å². The lowest BCUT2D eigenvalue weighted by Crippen LogP contribution is -2.50. The number of rotatable bonds is 1. The molecule has 0 aliphatic carbocycles. The molecule has 4 unspecified atom stereocenters. The highest BCUT2D eigenvalue weighted by atomic mass is 16.6. The fraction of sp³-hybridized carbons (Fsp3) is 1.00. The van der Waals surface area contributed by atoms with Gasteiger partial charge in [-0.15, -0.1) is 0 Å². The van der Waals surface area contributed by atoms with Gasteiger partial charge < -0.3 is 25.2 Å². The standard InChI is InChI=1S/C6H12O5/c7-1-3-2-11-6(10)5(9)4(3)8/h3-10H,1-2H2. The van der Waals surface area contributed by atoms with E-state index in [1.807, 2.05) is 0 Å². The van der Waals surface area contributed by atoms with Crippen LogP contribution in [0.3, 0.4) is 0 Å². The molecule has 0 amide bonds. The van der Waals surface area contributed by atoms with E-state index >= 15 is 0 Å². The van der Waals surface area contributed by atoms with E-state index in [2.05, 4.69) is 4.74 Å². The molecule has 0 radical (unpaired) electrons. The zero-order chi connectivity index (χ0) is 8.43. The number of ether oxygens (including phenoxy) is 1. The summed E-state index contributed by atoms with van der Waals surface area (Å²) < 4.78 is 4.65. The van der Waals surface area contributed by atoms with Crippen molar-refractivity contribution in [2.45, 2.75) is 18.5 Å². The summed E-state index contributed by atoms with van der Waals surface area (Å²) in [4.78, 5) is 0. The summed E-state index contributed by atoms with van der Waals surface area (Å²) in [5.41, 5.74) is 0. The van der Waals surface area contributed by atoms with Gasteiger partial charge in [0.05, 0.1) is 19.3 Å². The SMILES string of the molecule is OCC1COC(O)C(O)C1O. The topological polar surface area (TPSA) is 90.2 Å². The van der Waals surface area contributed by atoms with Crippen molar-refractivity contribution < 1.29 is 25.2 Å². The third kappa shape index (κ3) is 1.69. The van der Waals surface area contributed by atoms with E-state index in [1.54, 1.807) is 0 Å². The summed E-state index contributed by atoms with van der Waals surface area (Å²) in [6.45, 7) is -0.194. The van der Waals surface area contributed by atoms with Crippen molar-refractivity contribution in [3.63, 3.8) is 0 Å². The van der Waals surface area contributed by atoms with E-state index in [0.29, 0.717) is 0 Å². The van der Waals surface area contributed by atoms with E-state index in [4.69, 9.17) is 20.4 Å². The lowest BCUT2D eigenvalue weighted by atomic mass is 9.97. The van der Waals surface area contributed by atoms with Crippen molar-refractivity contribution >= 4 is 0 Å². The summed E-state index contributed by atoms with van der Waals surface area (Å²) in [5.74, 6) is -0.506. The van der Waals surface area contributed by atoms with Crippen molar-refractivity contribution in [2.75, 3.05) is 13.2 Å². The Morgan fingerprint density at radius 2 is 1.82 bits per heavy atom. The van der Waals surface area contributed by atoms with Crippen LogP contribution in [0.2, 0.25) is 0 Å². The fourth-order valence-corrected chi connectivity index (χ4v) is 1.03. The molecule has 1 aliphatic rings. The molecule has 66 valence electrons. The summed E-state index contributed by atoms with van der Waals surface area (Å²) in [7, 11) is 0. The molecule has 5 heteroatoms. The van der Waals surface area contributed by atoms with Crippen LogP contribution in [0.25, 0.3) is 0 Å². The first-order valence-corrected chi connectivity index (χ1v) is 3.43. The molecule has 0 aromatic rings. The average molecular weight is 164 g/mol. The second-order valence-electron chi connectivity index (χ2n) is 2.65. The van der Waals surface area contributed by atoms with E-state index in [0.717, 1.165) is 0 Å². The number of hydrogen-bond donors (Lipinski definition) is 4. The average Bonchev–Trinajstić information content (AvgIpc) is 2.01. The Kier molecular flexibility index (Phi) is 2.80. The molecule has 4 atom stereocenters. The van der Waals surface area contributed by atoms with Gasteiger partial charge in [0, 0.05) is 5.92 Å². The normalized spacial score (nSPS) is 45.8. The largest absolute Gasteiger partial charge is 0.396 e. The van der Waals surface area contributed by atoms with Crippen molar-refractivity contribution in [1.82, 2.24) is 0 Å². The smallest absolute Gasteiger partial charge is 0.183 e. The van der Waals surface area contributed by atoms with Gasteiger partial charge in [0.2, 0.25) is 0 Å². The number of hydrogen-bond acceptors (Lipinski definition) is 5. The van der Waals surface area contributed by atoms with E-state index in [1.165, 1.54) is 0 Å². The van der Waals surface area contributed by atoms with Gasteiger partial charge in [-0.2, -0.15) is 0 Å². The van der Waals surface area contributed by atoms with E-state index in [9.17, 15) is 0 Å². The molecule has 1 fully saturated rings. The molecule has 1 aliphatic heterocycles. The second kappa shape index (κ2) is 3.46. The Hall–Kier alpha value is -0.200. The molecule has 0 aromatic heterocycles. The van der Waals surface area contributed by atoms with Crippen LogP contribution in [0.15, 0.2) is 0 Å². The molecule has 0 aromatic carbocycles. The van der Waals surface area contributed by atoms with Crippen LogP contribution in [0, 0.1) is 5.92 Å². The van der Waals surface area contributed by atoms with Gasteiger partial charge in [-0.3, -0.25) is 0 Å². The van der Waals surface area contributed by atoms with Crippen LogP contribution in [0.1, 0.15) is 0 Å². The van der Waals surface area contributed by atoms with E-state index in [-0.39, 0.29) is 13.2 Å².